The van der Waals surface area contributed by atoms with Crippen molar-refractivity contribution < 1.29 is 22.7 Å². The molecule has 2 heterocycles. The number of carbonyl (C=O) groups excluding carboxylic acids is 1. The molecule has 2 rings (SSSR count). The molecule has 9 heteroatoms. The minimum absolute atomic E-state index is 0.0267. The predicted octanol–water partition coefficient (Wildman–Crippen LogP) is 1.75. The van der Waals surface area contributed by atoms with Gasteiger partial charge in [0.25, 0.3) is 0 Å². The average molecular weight is 344 g/mol. The van der Waals surface area contributed by atoms with E-state index in [4.69, 9.17) is 5.73 Å². The largest absolute Gasteiger partial charge is 0.468 e. The number of amides is 1. The summed E-state index contributed by atoms with van der Waals surface area (Å²) in [6, 6.07) is 1.74. The average Bonchev–Trinajstić information content (AvgIpc) is 2.90. The Morgan fingerprint density at radius 3 is 2.83 bits per heavy atom. The molecule has 1 aromatic rings. The summed E-state index contributed by atoms with van der Waals surface area (Å²) in [6.07, 6.45) is 1.15. The number of primary amides is 1. The molecule has 0 unspecified atom stereocenters. The minimum Gasteiger partial charge on any atom is -0.468 e. The van der Waals surface area contributed by atoms with Crippen molar-refractivity contribution in [1.82, 2.24) is 15.0 Å². The summed E-state index contributed by atoms with van der Waals surface area (Å²) in [5.74, 6) is -0.403. The predicted molar refractivity (Wildman–Crippen MR) is 80.6 cm³/mol. The lowest BCUT2D eigenvalue weighted by atomic mass is 10.2. The molecule has 6 nitrogen and oxygen atoms in total. The number of hydrogen-bond donors (Lipinski definition) is 1. The molecule has 0 fully saturated rings. The van der Waals surface area contributed by atoms with Crippen LogP contribution in [0.5, 0.6) is 5.88 Å². The highest BCUT2D eigenvalue weighted by Gasteiger charge is 2.29. The Balaban J connectivity index is 1.95. The number of carbonyl (C=O) groups is 1. The van der Waals surface area contributed by atoms with Gasteiger partial charge in [0, 0.05) is 44.0 Å². The fourth-order valence-electron chi connectivity index (χ4n) is 2.30. The van der Waals surface area contributed by atoms with Gasteiger partial charge in [0.1, 0.15) is 0 Å². The Morgan fingerprint density at radius 2 is 2.21 bits per heavy atom. The van der Waals surface area contributed by atoms with E-state index in [2.05, 4.69) is 9.72 Å². The molecule has 0 radical (unpaired) electrons. The summed E-state index contributed by atoms with van der Waals surface area (Å²) in [6.45, 7) is 1.95. The maximum absolute atomic E-state index is 12.2. The minimum atomic E-state index is -4.39. The van der Waals surface area contributed by atoms with Crippen LogP contribution in [0, 0.1) is 6.92 Å². The molecule has 0 aliphatic carbocycles. The Kier molecular flexibility index (Phi) is 5.66. The maximum Gasteiger partial charge on any atom is 0.422 e. The van der Waals surface area contributed by atoms with Gasteiger partial charge < -0.3 is 15.5 Å². The standard InChI is InChI=1S/C15H19F3N4O2/c1-11-7-12(8-20-14(11)24-10-15(16,17)18)9-22-5-2-4-21(22)6-3-13(19)23/h2,4,7-8H,3,5-6,9-10H2,1H3,(H2,19,23). The molecule has 1 aliphatic heterocycles. The number of nitrogens with two attached hydrogens (primary N) is 1. The number of hydrazine groups is 1. The van der Waals surface area contributed by atoms with Crippen molar-refractivity contribution in [3.05, 3.63) is 35.7 Å². The van der Waals surface area contributed by atoms with E-state index in [9.17, 15) is 18.0 Å². The lowest BCUT2D eigenvalue weighted by molar-refractivity contribution is -0.154. The Morgan fingerprint density at radius 1 is 1.46 bits per heavy atom. The van der Waals surface area contributed by atoms with Crippen molar-refractivity contribution in [2.24, 2.45) is 5.73 Å². The SMILES string of the molecule is Cc1cc(CN2CC=CN2CCC(N)=O)cnc1OCC(F)(F)F. The lowest BCUT2D eigenvalue weighted by Gasteiger charge is -2.28. The molecule has 0 bridgehead atoms. The monoisotopic (exact) mass is 344 g/mol. The quantitative estimate of drug-likeness (QED) is 0.816. The first kappa shape index (κ1) is 18.1. The number of aromatic nitrogens is 1. The van der Waals surface area contributed by atoms with Crippen molar-refractivity contribution in [1.29, 1.82) is 0 Å². The summed E-state index contributed by atoms with van der Waals surface area (Å²) >= 11 is 0. The van der Waals surface area contributed by atoms with Crippen molar-refractivity contribution in [2.45, 2.75) is 26.1 Å². The zero-order valence-corrected chi connectivity index (χ0v) is 13.2. The van der Waals surface area contributed by atoms with Gasteiger partial charge in [-0.15, -0.1) is 0 Å². The molecular formula is C15H19F3N4O2. The summed E-state index contributed by atoms with van der Waals surface area (Å²) in [5, 5.41) is 3.86. The first-order valence-electron chi connectivity index (χ1n) is 7.36. The normalized spacial score (nSPS) is 15.1. The van der Waals surface area contributed by atoms with Gasteiger partial charge in [-0.25, -0.2) is 9.99 Å². The second-order valence-corrected chi connectivity index (χ2v) is 5.48. The van der Waals surface area contributed by atoms with Crippen LogP contribution in [0.4, 0.5) is 13.2 Å². The smallest absolute Gasteiger partial charge is 0.422 e. The molecule has 0 spiro atoms. The van der Waals surface area contributed by atoms with Crippen LogP contribution < -0.4 is 10.5 Å². The molecule has 24 heavy (non-hydrogen) atoms. The highest BCUT2D eigenvalue weighted by molar-refractivity contribution is 5.73. The fourth-order valence-corrected chi connectivity index (χ4v) is 2.30. The Hall–Kier alpha value is -2.29. The van der Waals surface area contributed by atoms with Gasteiger partial charge in [-0.3, -0.25) is 4.79 Å². The summed E-state index contributed by atoms with van der Waals surface area (Å²) in [7, 11) is 0. The molecule has 2 N–H and O–H groups in total. The van der Waals surface area contributed by atoms with E-state index in [-0.39, 0.29) is 18.2 Å². The summed E-state index contributed by atoms with van der Waals surface area (Å²) < 4.78 is 41.3. The van der Waals surface area contributed by atoms with E-state index in [1.165, 1.54) is 6.20 Å². The molecule has 132 valence electrons. The zero-order valence-electron chi connectivity index (χ0n) is 13.2. The maximum atomic E-state index is 12.2. The molecule has 1 amide bonds. The number of alkyl halides is 3. The number of halogens is 3. The van der Waals surface area contributed by atoms with Gasteiger partial charge in [0.05, 0.1) is 0 Å². The third-order valence-corrected chi connectivity index (χ3v) is 3.37. The Labute approximate surface area is 137 Å². The van der Waals surface area contributed by atoms with Crippen LogP contribution in [0.15, 0.2) is 24.5 Å². The number of rotatable bonds is 7. The van der Waals surface area contributed by atoms with E-state index >= 15 is 0 Å². The van der Waals surface area contributed by atoms with Gasteiger partial charge in [0.2, 0.25) is 11.8 Å². The van der Waals surface area contributed by atoms with E-state index in [1.54, 1.807) is 13.0 Å². The molecule has 0 saturated carbocycles. The number of aryl methyl sites for hydroxylation is 1. The van der Waals surface area contributed by atoms with Crippen LogP contribution >= 0.6 is 0 Å². The number of pyridine rings is 1. The molecule has 0 aromatic carbocycles. The van der Waals surface area contributed by atoms with Crippen molar-refractivity contribution in [3.63, 3.8) is 0 Å². The van der Waals surface area contributed by atoms with Crippen LogP contribution in [0.3, 0.4) is 0 Å². The third-order valence-electron chi connectivity index (χ3n) is 3.37. The van der Waals surface area contributed by atoms with Gasteiger partial charge in [-0.2, -0.15) is 13.2 Å². The first-order chi connectivity index (χ1) is 11.2. The third kappa shape index (κ3) is 5.41. The first-order valence-corrected chi connectivity index (χ1v) is 7.36. The summed E-state index contributed by atoms with van der Waals surface area (Å²) in [4.78, 5) is 14.8. The lowest BCUT2D eigenvalue weighted by Crippen LogP contribution is -2.36. The van der Waals surface area contributed by atoms with Crippen molar-refractivity contribution in [2.75, 3.05) is 19.7 Å². The highest BCUT2D eigenvalue weighted by atomic mass is 19.4. The van der Waals surface area contributed by atoms with Gasteiger partial charge in [-0.05, 0) is 18.6 Å². The second kappa shape index (κ2) is 7.52. The number of ether oxygens (including phenoxy) is 1. The van der Waals surface area contributed by atoms with Crippen LogP contribution in [0.2, 0.25) is 0 Å². The zero-order chi connectivity index (χ0) is 17.7. The van der Waals surface area contributed by atoms with E-state index in [0.29, 0.717) is 25.2 Å². The highest BCUT2D eigenvalue weighted by Crippen LogP contribution is 2.21. The van der Waals surface area contributed by atoms with E-state index in [1.807, 2.05) is 22.3 Å². The molecule has 0 atom stereocenters. The van der Waals surface area contributed by atoms with E-state index in [0.717, 1.165) is 5.56 Å². The van der Waals surface area contributed by atoms with Crippen molar-refractivity contribution in [3.8, 4) is 5.88 Å². The summed E-state index contributed by atoms with van der Waals surface area (Å²) in [5.41, 5.74) is 6.52. The molecule has 1 aliphatic rings. The molecule has 1 aromatic heterocycles. The van der Waals surface area contributed by atoms with Crippen LogP contribution in [0.25, 0.3) is 0 Å². The van der Waals surface area contributed by atoms with E-state index < -0.39 is 12.8 Å². The van der Waals surface area contributed by atoms with Gasteiger partial charge in [0.15, 0.2) is 6.61 Å². The van der Waals surface area contributed by atoms with Crippen LogP contribution in [-0.2, 0) is 11.3 Å². The molecule has 0 saturated heterocycles. The van der Waals surface area contributed by atoms with Crippen LogP contribution in [0.1, 0.15) is 17.5 Å². The number of hydrogen-bond acceptors (Lipinski definition) is 5. The van der Waals surface area contributed by atoms with Crippen molar-refractivity contribution >= 4 is 5.91 Å². The second-order valence-electron chi connectivity index (χ2n) is 5.48. The van der Waals surface area contributed by atoms with Crippen LogP contribution in [-0.4, -0.2) is 46.8 Å². The fraction of sp³-hybridized carbons (Fsp3) is 0.467. The Bertz CT molecular complexity index is 619. The number of nitrogens with zero attached hydrogens (tertiary/aromatic N) is 3. The van der Waals surface area contributed by atoms with Gasteiger partial charge in [-0.1, -0.05) is 6.08 Å². The topological polar surface area (TPSA) is 71.7 Å². The van der Waals surface area contributed by atoms with Gasteiger partial charge >= 0.3 is 6.18 Å². The molecular weight excluding hydrogens is 325 g/mol.